The van der Waals surface area contributed by atoms with Crippen molar-refractivity contribution in [1.29, 1.82) is 0 Å². The summed E-state index contributed by atoms with van der Waals surface area (Å²) >= 11 is 0. The molecule has 0 heterocycles. The molecule has 0 aliphatic rings. The van der Waals surface area contributed by atoms with Gasteiger partial charge < -0.3 is 11.1 Å². The normalized spacial score (nSPS) is 10.8. The summed E-state index contributed by atoms with van der Waals surface area (Å²) < 4.78 is 0. The molecule has 1 amide bonds. The fourth-order valence-electron chi connectivity index (χ4n) is 2.19. The van der Waals surface area contributed by atoms with Crippen LogP contribution in [0.3, 0.4) is 0 Å². The highest BCUT2D eigenvalue weighted by molar-refractivity contribution is 5.94. The van der Waals surface area contributed by atoms with Gasteiger partial charge in [-0.05, 0) is 37.0 Å². The minimum Gasteiger partial charge on any atom is -0.345 e. The second-order valence-electron chi connectivity index (χ2n) is 5.09. The van der Waals surface area contributed by atoms with Crippen molar-refractivity contribution in [2.75, 3.05) is 6.54 Å². The Hall–Kier alpha value is -1.06. The Balaban J connectivity index is 0.00000361. The standard InChI is InChI=1S/C16H26N2O.ClH/c1-4-7-13-8-10-14(11-9-13)15(19)18-16(5-2,6-3)12-17;/h8-11H,4-7,12,17H2,1-3H3,(H,18,19);1H. The number of amides is 1. The van der Waals surface area contributed by atoms with Crippen molar-refractivity contribution in [3.05, 3.63) is 35.4 Å². The van der Waals surface area contributed by atoms with Crippen molar-refractivity contribution in [1.82, 2.24) is 5.32 Å². The molecule has 1 aromatic rings. The molecule has 0 bridgehead atoms. The third-order valence-corrected chi connectivity index (χ3v) is 3.88. The minimum absolute atomic E-state index is 0. The Kier molecular flexibility index (Phi) is 8.51. The van der Waals surface area contributed by atoms with E-state index in [2.05, 4.69) is 26.1 Å². The second kappa shape index (κ2) is 8.98. The summed E-state index contributed by atoms with van der Waals surface area (Å²) in [6.45, 7) is 6.74. The Bertz CT molecular complexity index is 391. The molecule has 114 valence electrons. The SMILES string of the molecule is CCCc1ccc(C(=O)NC(CC)(CC)CN)cc1.Cl. The largest absolute Gasteiger partial charge is 0.345 e. The molecular formula is C16H27ClN2O. The van der Waals surface area contributed by atoms with E-state index >= 15 is 0 Å². The molecule has 3 nitrogen and oxygen atoms in total. The van der Waals surface area contributed by atoms with Gasteiger partial charge in [0.1, 0.15) is 0 Å². The first-order chi connectivity index (χ1) is 9.10. The maximum absolute atomic E-state index is 12.2. The molecule has 0 aliphatic carbocycles. The van der Waals surface area contributed by atoms with E-state index in [9.17, 15) is 4.79 Å². The zero-order valence-electron chi connectivity index (χ0n) is 12.7. The number of nitrogens with one attached hydrogen (secondary N) is 1. The van der Waals surface area contributed by atoms with Crippen LogP contribution in [0.5, 0.6) is 0 Å². The lowest BCUT2D eigenvalue weighted by Crippen LogP contribution is -2.52. The number of hydrogen-bond donors (Lipinski definition) is 2. The molecule has 0 saturated heterocycles. The summed E-state index contributed by atoms with van der Waals surface area (Å²) in [7, 11) is 0. The molecule has 0 spiro atoms. The molecule has 0 unspecified atom stereocenters. The van der Waals surface area contributed by atoms with Gasteiger partial charge in [-0.3, -0.25) is 4.79 Å². The van der Waals surface area contributed by atoms with E-state index in [0.29, 0.717) is 12.1 Å². The van der Waals surface area contributed by atoms with Gasteiger partial charge in [-0.25, -0.2) is 0 Å². The van der Waals surface area contributed by atoms with Gasteiger partial charge in [0.05, 0.1) is 5.54 Å². The molecule has 0 atom stereocenters. The summed E-state index contributed by atoms with van der Waals surface area (Å²) in [4.78, 5) is 12.2. The van der Waals surface area contributed by atoms with Crippen LogP contribution in [0.1, 0.15) is 56.0 Å². The highest BCUT2D eigenvalue weighted by atomic mass is 35.5. The second-order valence-corrected chi connectivity index (χ2v) is 5.09. The third-order valence-electron chi connectivity index (χ3n) is 3.88. The topological polar surface area (TPSA) is 55.1 Å². The minimum atomic E-state index is -0.279. The summed E-state index contributed by atoms with van der Waals surface area (Å²) in [6, 6.07) is 7.85. The van der Waals surface area contributed by atoms with E-state index in [0.717, 1.165) is 25.7 Å². The van der Waals surface area contributed by atoms with Crippen LogP contribution < -0.4 is 11.1 Å². The Morgan fingerprint density at radius 1 is 1.15 bits per heavy atom. The molecule has 1 rings (SSSR count). The molecule has 0 saturated carbocycles. The number of carbonyl (C=O) groups is 1. The van der Waals surface area contributed by atoms with E-state index in [4.69, 9.17) is 5.73 Å². The number of hydrogen-bond acceptors (Lipinski definition) is 2. The van der Waals surface area contributed by atoms with E-state index in [1.54, 1.807) is 0 Å². The molecule has 0 radical (unpaired) electrons. The van der Waals surface area contributed by atoms with Gasteiger partial charge in [-0.15, -0.1) is 12.4 Å². The summed E-state index contributed by atoms with van der Waals surface area (Å²) in [5.41, 5.74) is 7.51. The number of halogens is 1. The van der Waals surface area contributed by atoms with Crippen LogP contribution in [0.25, 0.3) is 0 Å². The van der Waals surface area contributed by atoms with E-state index < -0.39 is 0 Å². The van der Waals surface area contributed by atoms with E-state index in [-0.39, 0.29) is 23.9 Å². The maximum atomic E-state index is 12.2. The molecule has 3 N–H and O–H groups in total. The van der Waals surface area contributed by atoms with Crippen molar-refractivity contribution in [2.24, 2.45) is 5.73 Å². The predicted molar refractivity (Wildman–Crippen MR) is 87.5 cm³/mol. The van der Waals surface area contributed by atoms with Crippen LogP contribution in [-0.4, -0.2) is 18.0 Å². The van der Waals surface area contributed by atoms with Crippen molar-refractivity contribution >= 4 is 18.3 Å². The Morgan fingerprint density at radius 3 is 2.10 bits per heavy atom. The quantitative estimate of drug-likeness (QED) is 0.811. The van der Waals surface area contributed by atoms with Crippen LogP contribution in [0.15, 0.2) is 24.3 Å². The number of nitrogens with two attached hydrogens (primary N) is 1. The number of rotatable bonds is 7. The summed E-state index contributed by atoms with van der Waals surface area (Å²) in [5.74, 6) is -0.0304. The molecule has 0 aromatic heterocycles. The lowest BCUT2D eigenvalue weighted by Gasteiger charge is -2.31. The number of carbonyl (C=O) groups excluding carboxylic acids is 1. The lowest BCUT2D eigenvalue weighted by molar-refractivity contribution is 0.0895. The average Bonchev–Trinajstić information content (AvgIpc) is 2.46. The first-order valence-corrected chi connectivity index (χ1v) is 7.22. The molecule has 20 heavy (non-hydrogen) atoms. The third kappa shape index (κ3) is 4.80. The van der Waals surface area contributed by atoms with Crippen LogP contribution in [0, 0.1) is 0 Å². The highest BCUT2D eigenvalue weighted by Crippen LogP contribution is 2.15. The molecule has 0 fully saturated rings. The van der Waals surface area contributed by atoms with Gasteiger partial charge in [-0.1, -0.05) is 39.3 Å². The smallest absolute Gasteiger partial charge is 0.251 e. The van der Waals surface area contributed by atoms with Gasteiger partial charge in [0, 0.05) is 12.1 Å². The van der Waals surface area contributed by atoms with E-state index in [1.165, 1.54) is 5.56 Å². The Labute approximate surface area is 128 Å². The molecule has 1 aromatic carbocycles. The van der Waals surface area contributed by atoms with Crippen molar-refractivity contribution < 1.29 is 4.79 Å². The summed E-state index contributed by atoms with van der Waals surface area (Å²) in [5, 5.41) is 3.08. The molecular weight excluding hydrogens is 272 g/mol. The summed E-state index contributed by atoms with van der Waals surface area (Å²) in [6.07, 6.45) is 3.87. The number of aryl methyl sites for hydroxylation is 1. The maximum Gasteiger partial charge on any atom is 0.251 e. The highest BCUT2D eigenvalue weighted by Gasteiger charge is 2.26. The lowest BCUT2D eigenvalue weighted by atomic mass is 9.92. The van der Waals surface area contributed by atoms with Gasteiger partial charge >= 0.3 is 0 Å². The van der Waals surface area contributed by atoms with Crippen molar-refractivity contribution in [3.63, 3.8) is 0 Å². The van der Waals surface area contributed by atoms with Crippen molar-refractivity contribution in [2.45, 2.75) is 52.0 Å². The fraction of sp³-hybridized carbons (Fsp3) is 0.562. The van der Waals surface area contributed by atoms with Gasteiger partial charge in [0.2, 0.25) is 0 Å². The van der Waals surface area contributed by atoms with Crippen LogP contribution in [-0.2, 0) is 6.42 Å². The monoisotopic (exact) mass is 298 g/mol. The van der Waals surface area contributed by atoms with Crippen LogP contribution in [0.2, 0.25) is 0 Å². The van der Waals surface area contributed by atoms with Crippen LogP contribution in [0.4, 0.5) is 0 Å². The van der Waals surface area contributed by atoms with Gasteiger partial charge in [0.15, 0.2) is 0 Å². The zero-order valence-corrected chi connectivity index (χ0v) is 13.6. The molecule has 0 aliphatic heterocycles. The molecule has 4 heteroatoms. The zero-order chi connectivity index (χ0) is 14.3. The Morgan fingerprint density at radius 2 is 1.70 bits per heavy atom. The average molecular weight is 299 g/mol. The van der Waals surface area contributed by atoms with Crippen LogP contribution >= 0.6 is 12.4 Å². The number of benzene rings is 1. The van der Waals surface area contributed by atoms with E-state index in [1.807, 2.05) is 24.3 Å². The first-order valence-electron chi connectivity index (χ1n) is 7.22. The predicted octanol–water partition coefficient (Wildman–Crippen LogP) is 3.31. The first kappa shape index (κ1) is 18.9. The van der Waals surface area contributed by atoms with Gasteiger partial charge in [-0.2, -0.15) is 0 Å². The van der Waals surface area contributed by atoms with Crippen molar-refractivity contribution in [3.8, 4) is 0 Å². The van der Waals surface area contributed by atoms with Gasteiger partial charge in [0.25, 0.3) is 5.91 Å². The fourth-order valence-corrected chi connectivity index (χ4v) is 2.19.